The largest absolute Gasteiger partial charge is 0.495 e. The number of hydrogen-bond acceptors (Lipinski definition) is 4. The number of hydrogen-bond donors (Lipinski definition) is 2. The van der Waals surface area contributed by atoms with Gasteiger partial charge in [0.2, 0.25) is 0 Å². The number of amides is 1. The van der Waals surface area contributed by atoms with Crippen LogP contribution in [0.3, 0.4) is 0 Å². The first-order valence-electron chi connectivity index (χ1n) is 8.49. The number of carbonyl (C=O) groups excluding carboxylic acids is 1. The van der Waals surface area contributed by atoms with Crippen molar-refractivity contribution in [2.24, 2.45) is 0 Å². The number of methoxy groups -OCH3 is 1. The summed E-state index contributed by atoms with van der Waals surface area (Å²) < 4.78 is 5.31. The van der Waals surface area contributed by atoms with Gasteiger partial charge in [-0.1, -0.05) is 41.9 Å². The molecule has 1 unspecified atom stereocenters. The molecule has 0 aliphatic heterocycles. The molecule has 2 N–H and O–H groups in total. The molecule has 1 heterocycles. The van der Waals surface area contributed by atoms with Crippen LogP contribution in [0.5, 0.6) is 5.75 Å². The van der Waals surface area contributed by atoms with E-state index in [4.69, 9.17) is 16.3 Å². The maximum Gasteiger partial charge on any atom is 0.270 e. The molecule has 3 aromatic rings. The van der Waals surface area contributed by atoms with Crippen molar-refractivity contribution >= 4 is 28.9 Å². The Kier molecular flexibility index (Phi) is 5.94. The van der Waals surface area contributed by atoms with Crippen molar-refractivity contribution in [1.82, 2.24) is 10.3 Å². The topological polar surface area (TPSA) is 63.2 Å². The van der Waals surface area contributed by atoms with E-state index in [1.165, 1.54) is 0 Å². The summed E-state index contributed by atoms with van der Waals surface area (Å²) in [6.45, 7) is 1.94. The van der Waals surface area contributed by atoms with E-state index in [-0.39, 0.29) is 11.9 Å². The van der Waals surface area contributed by atoms with E-state index in [1.807, 2.05) is 37.3 Å². The van der Waals surface area contributed by atoms with E-state index >= 15 is 0 Å². The van der Waals surface area contributed by atoms with E-state index < -0.39 is 0 Å². The van der Waals surface area contributed by atoms with Crippen LogP contribution in [0, 0.1) is 0 Å². The zero-order chi connectivity index (χ0) is 19.2. The molecule has 2 aromatic carbocycles. The van der Waals surface area contributed by atoms with Gasteiger partial charge in [-0.15, -0.1) is 0 Å². The Morgan fingerprint density at radius 1 is 1.11 bits per heavy atom. The molecule has 0 radical (unpaired) electrons. The molecule has 0 aliphatic carbocycles. The summed E-state index contributed by atoms with van der Waals surface area (Å²) in [4.78, 5) is 16.7. The molecule has 138 valence electrons. The molecule has 0 bridgehead atoms. The third-order valence-corrected chi connectivity index (χ3v) is 4.32. The fourth-order valence-corrected chi connectivity index (χ4v) is 2.80. The highest BCUT2D eigenvalue weighted by Gasteiger charge is 2.12. The lowest BCUT2D eigenvalue weighted by Crippen LogP contribution is -2.27. The molecule has 6 heteroatoms. The van der Waals surface area contributed by atoms with Crippen LogP contribution in [0.25, 0.3) is 0 Å². The normalized spacial score (nSPS) is 11.5. The first-order chi connectivity index (χ1) is 13.1. The minimum atomic E-state index is -0.224. The molecule has 0 aliphatic rings. The lowest BCUT2D eigenvalue weighted by atomic mass is 10.1. The highest BCUT2D eigenvalue weighted by Crippen LogP contribution is 2.30. The highest BCUT2D eigenvalue weighted by molar-refractivity contribution is 6.31. The van der Waals surface area contributed by atoms with Crippen LogP contribution < -0.4 is 15.4 Å². The number of carbonyl (C=O) groups is 1. The van der Waals surface area contributed by atoms with Gasteiger partial charge in [0, 0.05) is 5.02 Å². The Morgan fingerprint density at radius 3 is 2.56 bits per heavy atom. The average molecular weight is 382 g/mol. The Bertz CT molecular complexity index is 914. The zero-order valence-corrected chi connectivity index (χ0v) is 15.8. The van der Waals surface area contributed by atoms with Gasteiger partial charge in [-0.2, -0.15) is 0 Å². The number of nitrogens with zero attached hydrogens (tertiary/aromatic N) is 1. The second kappa shape index (κ2) is 8.56. The number of benzene rings is 2. The Hall–Kier alpha value is -3.05. The van der Waals surface area contributed by atoms with Gasteiger partial charge in [0.25, 0.3) is 5.91 Å². The molecular weight excluding hydrogens is 362 g/mol. The summed E-state index contributed by atoms with van der Waals surface area (Å²) in [6, 6.07) is 18.4. The summed E-state index contributed by atoms with van der Waals surface area (Å²) in [5.74, 6) is 0.441. The van der Waals surface area contributed by atoms with Crippen molar-refractivity contribution in [2.75, 3.05) is 12.4 Å². The fourth-order valence-electron chi connectivity index (χ4n) is 2.63. The minimum Gasteiger partial charge on any atom is -0.495 e. The number of rotatable bonds is 6. The SMILES string of the molecule is COc1ccc(Cl)cc1Nc1ccc(C(=O)NC(C)c2ccccc2)nc1. The number of anilines is 2. The Labute approximate surface area is 163 Å². The monoisotopic (exact) mass is 381 g/mol. The third-order valence-electron chi connectivity index (χ3n) is 4.08. The zero-order valence-electron chi connectivity index (χ0n) is 15.1. The Morgan fingerprint density at radius 2 is 1.89 bits per heavy atom. The lowest BCUT2D eigenvalue weighted by Gasteiger charge is -2.14. The van der Waals surface area contributed by atoms with Crippen LogP contribution in [0.15, 0.2) is 66.9 Å². The summed E-state index contributed by atoms with van der Waals surface area (Å²) in [5, 5.41) is 6.74. The van der Waals surface area contributed by atoms with Gasteiger partial charge in [0.05, 0.1) is 30.7 Å². The number of pyridine rings is 1. The van der Waals surface area contributed by atoms with Crippen LogP contribution in [0.4, 0.5) is 11.4 Å². The standard InChI is InChI=1S/C21H20ClN3O2/c1-14(15-6-4-3-5-7-15)24-21(26)18-10-9-17(13-23-18)25-19-12-16(22)8-11-20(19)27-2/h3-14,25H,1-2H3,(H,24,26). The van der Waals surface area contributed by atoms with Gasteiger partial charge >= 0.3 is 0 Å². The van der Waals surface area contributed by atoms with Crippen molar-refractivity contribution in [3.8, 4) is 5.75 Å². The van der Waals surface area contributed by atoms with Crippen LogP contribution in [0.2, 0.25) is 5.02 Å². The molecular formula is C21H20ClN3O2. The number of halogens is 1. The van der Waals surface area contributed by atoms with E-state index in [0.717, 1.165) is 16.9 Å². The van der Waals surface area contributed by atoms with Crippen LogP contribution in [0.1, 0.15) is 29.0 Å². The number of ether oxygens (including phenoxy) is 1. The Balaban J connectivity index is 1.68. The smallest absolute Gasteiger partial charge is 0.270 e. The summed E-state index contributed by atoms with van der Waals surface area (Å²) in [5.41, 5.74) is 2.84. The van der Waals surface area contributed by atoms with Gasteiger partial charge in [0.1, 0.15) is 11.4 Å². The third kappa shape index (κ3) is 4.77. The number of nitrogens with one attached hydrogen (secondary N) is 2. The molecule has 0 fully saturated rings. The first kappa shape index (κ1) is 18.7. The predicted molar refractivity (Wildman–Crippen MR) is 108 cm³/mol. The van der Waals surface area contributed by atoms with Crippen molar-refractivity contribution in [1.29, 1.82) is 0 Å². The molecule has 0 saturated heterocycles. The maximum atomic E-state index is 12.4. The van der Waals surface area contributed by atoms with Crippen LogP contribution in [-0.4, -0.2) is 18.0 Å². The molecule has 3 rings (SSSR count). The van der Waals surface area contributed by atoms with Crippen molar-refractivity contribution in [3.05, 3.63) is 83.1 Å². The summed E-state index contributed by atoms with van der Waals surface area (Å²) >= 11 is 6.04. The first-order valence-corrected chi connectivity index (χ1v) is 8.87. The van der Waals surface area contributed by atoms with Gasteiger partial charge in [-0.25, -0.2) is 4.98 Å². The molecule has 5 nitrogen and oxygen atoms in total. The van der Waals surface area contributed by atoms with Crippen LogP contribution >= 0.6 is 11.6 Å². The number of aromatic nitrogens is 1. The van der Waals surface area contributed by atoms with Crippen LogP contribution in [-0.2, 0) is 0 Å². The van der Waals surface area contributed by atoms with Crippen molar-refractivity contribution < 1.29 is 9.53 Å². The molecule has 1 atom stereocenters. The van der Waals surface area contributed by atoms with Crippen molar-refractivity contribution in [2.45, 2.75) is 13.0 Å². The van der Waals surface area contributed by atoms with Crippen molar-refractivity contribution in [3.63, 3.8) is 0 Å². The second-order valence-corrected chi connectivity index (χ2v) is 6.44. The van der Waals surface area contributed by atoms with Gasteiger partial charge in [-0.05, 0) is 42.8 Å². The maximum absolute atomic E-state index is 12.4. The van der Waals surface area contributed by atoms with E-state index in [2.05, 4.69) is 15.6 Å². The molecule has 1 aromatic heterocycles. The van der Waals surface area contributed by atoms with Gasteiger partial charge < -0.3 is 15.4 Å². The summed E-state index contributed by atoms with van der Waals surface area (Å²) in [7, 11) is 1.59. The quantitative estimate of drug-likeness (QED) is 0.632. The van der Waals surface area contributed by atoms with E-state index in [1.54, 1.807) is 43.6 Å². The van der Waals surface area contributed by atoms with E-state index in [9.17, 15) is 4.79 Å². The average Bonchev–Trinajstić information content (AvgIpc) is 2.69. The summed E-state index contributed by atoms with van der Waals surface area (Å²) in [6.07, 6.45) is 1.60. The molecule has 1 amide bonds. The molecule has 0 spiro atoms. The lowest BCUT2D eigenvalue weighted by molar-refractivity contribution is 0.0935. The molecule has 0 saturated carbocycles. The fraction of sp³-hybridized carbons (Fsp3) is 0.143. The highest BCUT2D eigenvalue weighted by atomic mass is 35.5. The molecule has 27 heavy (non-hydrogen) atoms. The van der Waals surface area contributed by atoms with E-state index in [0.29, 0.717) is 16.5 Å². The predicted octanol–water partition coefficient (Wildman–Crippen LogP) is 4.98. The second-order valence-electron chi connectivity index (χ2n) is 6.01. The van der Waals surface area contributed by atoms with Gasteiger partial charge in [0.15, 0.2) is 0 Å². The minimum absolute atomic E-state index is 0.103. The van der Waals surface area contributed by atoms with Gasteiger partial charge in [-0.3, -0.25) is 4.79 Å².